The van der Waals surface area contributed by atoms with Gasteiger partial charge in [-0.25, -0.2) is 0 Å². The predicted octanol–water partition coefficient (Wildman–Crippen LogP) is 5.99. The van der Waals surface area contributed by atoms with E-state index in [9.17, 15) is 4.79 Å². The number of hydrogen-bond acceptors (Lipinski definition) is 3. The van der Waals surface area contributed by atoms with Crippen LogP contribution in [-0.2, 0) is 11.2 Å². The molecule has 0 bridgehead atoms. The Balaban J connectivity index is 1.41. The standard InChI is InChI=1S/C27H26O4/c1-16-4-3-5-17(2)27(16)19-7-6-18-8-11-24(23(18)12-19)31-21-9-10-22-20(13-26(28)29)15-30-25(22)14-21/h3-7,9-10,12,14,20,24H,8,11,13,15H2,1-2H3,(H,28,29)/t20-,24+/m1/s1. The number of hydrogen-bond donors (Lipinski definition) is 1. The van der Waals surface area contributed by atoms with E-state index in [-0.39, 0.29) is 18.4 Å². The van der Waals surface area contributed by atoms with E-state index in [4.69, 9.17) is 14.6 Å². The molecule has 2 atom stereocenters. The van der Waals surface area contributed by atoms with E-state index in [0.29, 0.717) is 6.61 Å². The van der Waals surface area contributed by atoms with Gasteiger partial charge in [-0.2, -0.15) is 0 Å². The molecule has 0 saturated heterocycles. The molecule has 0 spiro atoms. The lowest BCUT2D eigenvalue weighted by Crippen LogP contribution is -2.07. The second kappa shape index (κ2) is 7.77. The molecule has 3 aromatic rings. The molecule has 158 valence electrons. The first kappa shape index (κ1) is 19.7. The van der Waals surface area contributed by atoms with E-state index >= 15 is 0 Å². The molecule has 2 aliphatic rings. The van der Waals surface area contributed by atoms with Gasteiger partial charge in [-0.3, -0.25) is 4.79 Å². The highest BCUT2D eigenvalue weighted by atomic mass is 16.5. The third kappa shape index (κ3) is 3.67. The summed E-state index contributed by atoms with van der Waals surface area (Å²) in [7, 11) is 0. The maximum atomic E-state index is 11.1. The van der Waals surface area contributed by atoms with Gasteiger partial charge in [0, 0.05) is 17.5 Å². The third-order valence-electron chi connectivity index (χ3n) is 6.50. The Labute approximate surface area is 182 Å². The highest BCUT2D eigenvalue weighted by molar-refractivity contribution is 5.72. The van der Waals surface area contributed by atoms with Crippen molar-refractivity contribution in [1.82, 2.24) is 0 Å². The minimum absolute atomic E-state index is 0.00791. The van der Waals surface area contributed by atoms with Crippen molar-refractivity contribution < 1.29 is 19.4 Å². The van der Waals surface area contributed by atoms with Crippen LogP contribution in [0.15, 0.2) is 54.6 Å². The Morgan fingerprint density at radius 2 is 1.87 bits per heavy atom. The first-order chi connectivity index (χ1) is 15.0. The van der Waals surface area contributed by atoms with Gasteiger partial charge in [0.05, 0.1) is 13.0 Å². The van der Waals surface area contributed by atoms with Crippen LogP contribution in [0.25, 0.3) is 11.1 Å². The van der Waals surface area contributed by atoms with E-state index in [2.05, 4.69) is 50.2 Å². The lowest BCUT2D eigenvalue weighted by Gasteiger charge is -2.17. The smallest absolute Gasteiger partial charge is 0.304 e. The van der Waals surface area contributed by atoms with Crippen molar-refractivity contribution in [3.8, 4) is 22.6 Å². The number of carboxylic acids is 1. The summed E-state index contributed by atoms with van der Waals surface area (Å²) in [5.74, 6) is 0.619. The lowest BCUT2D eigenvalue weighted by atomic mass is 9.93. The highest BCUT2D eigenvalue weighted by Crippen LogP contribution is 2.42. The molecule has 0 fully saturated rings. The first-order valence-electron chi connectivity index (χ1n) is 10.8. The SMILES string of the molecule is Cc1cccc(C)c1-c1ccc2c(c1)[C@@H](Oc1ccc3c(c1)OC[C@H]3CC(=O)O)CC2. The van der Waals surface area contributed by atoms with Crippen LogP contribution in [0, 0.1) is 13.8 Å². The molecule has 4 nitrogen and oxygen atoms in total. The zero-order chi connectivity index (χ0) is 21.5. The van der Waals surface area contributed by atoms with Crippen LogP contribution >= 0.6 is 0 Å². The van der Waals surface area contributed by atoms with Gasteiger partial charge in [-0.05, 0) is 72.2 Å². The van der Waals surface area contributed by atoms with Crippen molar-refractivity contribution in [2.45, 2.75) is 45.1 Å². The second-order valence-corrected chi connectivity index (χ2v) is 8.63. The first-order valence-corrected chi connectivity index (χ1v) is 10.8. The van der Waals surface area contributed by atoms with Gasteiger partial charge in [0.2, 0.25) is 0 Å². The molecule has 3 aromatic carbocycles. The molecule has 31 heavy (non-hydrogen) atoms. The number of ether oxygens (including phenoxy) is 2. The molecular weight excluding hydrogens is 388 g/mol. The number of aliphatic carboxylic acids is 1. The van der Waals surface area contributed by atoms with Crippen LogP contribution in [0.5, 0.6) is 11.5 Å². The van der Waals surface area contributed by atoms with Crippen LogP contribution in [0.4, 0.5) is 0 Å². The monoisotopic (exact) mass is 414 g/mol. The number of rotatable bonds is 5. The molecule has 0 radical (unpaired) electrons. The van der Waals surface area contributed by atoms with Crippen molar-refractivity contribution >= 4 is 5.97 Å². The summed E-state index contributed by atoms with van der Waals surface area (Å²) in [6, 6.07) is 19.0. The Hall–Kier alpha value is -3.27. The zero-order valence-corrected chi connectivity index (χ0v) is 17.9. The summed E-state index contributed by atoms with van der Waals surface area (Å²) in [6.07, 6.45) is 2.05. The van der Waals surface area contributed by atoms with E-state index in [1.54, 1.807) is 0 Å². The molecule has 1 heterocycles. The van der Waals surface area contributed by atoms with Gasteiger partial charge in [0.1, 0.15) is 17.6 Å². The molecule has 0 unspecified atom stereocenters. The average Bonchev–Trinajstić information content (AvgIpc) is 3.31. The summed E-state index contributed by atoms with van der Waals surface area (Å²) < 4.78 is 12.1. The van der Waals surface area contributed by atoms with Crippen LogP contribution in [-0.4, -0.2) is 17.7 Å². The molecule has 5 rings (SSSR count). The molecule has 4 heteroatoms. The number of benzene rings is 3. The number of aryl methyl sites for hydroxylation is 3. The van der Waals surface area contributed by atoms with Crippen molar-refractivity contribution in [2.24, 2.45) is 0 Å². The summed E-state index contributed by atoms with van der Waals surface area (Å²) in [6.45, 7) is 4.73. The average molecular weight is 415 g/mol. The quantitative estimate of drug-likeness (QED) is 0.557. The molecule has 0 saturated carbocycles. The van der Waals surface area contributed by atoms with Crippen LogP contribution in [0.3, 0.4) is 0 Å². The topological polar surface area (TPSA) is 55.8 Å². The summed E-state index contributed by atoms with van der Waals surface area (Å²) in [4.78, 5) is 11.1. The van der Waals surface area contributed by atoms with E-state index < -0.39 is 5.97 Å². The fraction of sp³-hybridized carbons (Fsp3) is 0.296. The Kier molecular flexibility index (Phi) is 4.93. The van der Waals surface area contributed by atoms with Gasteiger partial charge in [-0.1, -0.05) is 36.4 Å². The van der Waals surface area contributed by atoms with Crippen molar-refractivity contribution in [3.05, 3.63) is 82.4 Å². The molecule has 1 aliphatic heterocycles. The van der Waals surface area contributed by atoms with Gasteiger partial charge >= 0.3 is 5.97 Å². The third-order valence-corrected chi connectivity index (χ3v) is 6.50. The van der Waals surface area contributed by atoms with Gasteiger partial charge in [0.15, 0.2) is 0 Å². The van der Waals surface area contributed by atoms with Crippen LogP contribution in [0.2, 0.25) is 0 Å². The maximum absolute atomic E-state index is 11.1. The molecule has 0 aromatic heterocycles. The Morgan fingerprint density at radius 3 is 2.65 bits per heavy atom. The number of fused-ring (bicyclic) bond motifs is 2. The summed E-state index contributed by atoms with van der Waals surface area (Å²) in [5.41, 5.74) is 8.65. The largest absolute Gasteiger partial charge is 0.492 e. The fourth-order valence-electron chi connectivity index (χ4n) is 4.99. The lowest BCUT2D eigenvalue weighted by molar-refractivity contribution is -0.137. The zero-order valence-electron chi connectivity index (χ0n) is 17.9. The highest BCUT2D eigenvalue weighted by Gasteiger charge is 2.29. The molecule has 1 aliphatic carbocycles. The fourth-order valence-corrected chi connectivity index (χ4v) is 4.99. The van der Waals surface area contributed by atoms with Gasteiger partial charge in [-0.15, -0.1) is 0 Å². The Morgan fingerprint density at radius 1 is 1.06 bits per heavy atom. The van der Waals surface area contributed by atoms with E-state index in [1.165, 1.54) is 33.4 Å². The second-order valence-electron chi connectivity index (χ2n) is 8.63. The van der Waals surface area contributed by atoms with Crippen molar-refractivity contribution in [3.63, 3.8) is 0 Å². The number of carbonyl (C=O) groups is 1. The van der Waals surface area contributed by atoms with E-state index in [0.717, 1.165) is 29.9 Å². The van der Waals surface area contributed by atoms with Crippen LogP contribution < -0.4 is 9.47 Å². The minimum Gasteiger partial charge on any atom is -0.492 e. The summed E-state index contributed by atoms with van der Waals surface area (Å²) in [5, 5.41) is 9.10. The summed E-state index contributed by atoms with van der Waals surface area (Å²) >= 11 is 0. The maximum Gasteiger partial charge on any atom is 0.304 e. The van der Waals surface area contributed by atoms with Gasteiger partial charge < -0.3 is 14.6 Å². The van der Waals surface area contributed by atoms with Gasteiger partial charge in [0.25, 0.3) is 0 Å². The number of carboxylic acid groups (broad SMARTS) is 1. The van der Waals surface area contributed by atoms with Crippen LogP contribution in [0.1, 0.15) is 52.7 Å². The predicted molar refractivity (Wildman–Crippen MR) is 120 cm³/mol. The molecule has 1 N–H and O–H groups in total. The normalized spacial score (nSPS) is 18.9. The van der Waals surface area contributed by atoms with Crippen molar-refractivity contribution in [2.75, 3.05) is 6.61 Å². The van der Waals surface area contributed by atoms with Crippen molar-refractivity contribution in [1.29, 1.82) is 0 Å². The minimum atomic E-state index is -0.802. The Bertz CT molecular complexity index is 1140. The van der Waals surface area contributed by atoms with E-state index in [1.807, 2.05) is 18.2 Å². The molecular formula is C27H26O4. The molecule has 0 amide bonds.